The Labute approximate surface area is 220 Å². The van der Waals surface area contributed by atoms with E-state index < -0.39 is 29.6 Å². The maximum absolute atomic E-state index is 12.4. The van der Waals surface area contributed by atoms with Gasteiger partial charge in [0.15, 0.2) is 0 Å². The van der Waals surface area contributed by atoms with Gasteiger partial charge in [0.1, 0.15) is 17.6 Å². The van der Waals surface area contributed by atoms with E-state index in [1.165, 1.54) is 0 Å². The summed E-state index contributed by atoms with van der Waals surface area (Å²) in [5.41, 5.74) is 0.0690. The lowest BCUT2D eigenvalue weighted by Gasteiger charge is -2.13. The highest BCUT2D eigenvalue weighted by Crippen LogP contribution is 2.33. The first kappa shape index (κ1) is 27.7. The molecule has 0 amide bonds. The molecule has 0 aliphatic rings. The fourth-order valence-electron chi connectivity index (χ4n) is 3.77. The van der Waals surface area contributed by atoms with E-state index in [0.717, 1.165) is 70.4 Å². The van der Waals surface area contributed by atoms with Gasteiger partial charge in [0.05, 0.1) is 11.1 Å². The van der Waals surface area contributed by atoms with Crippen LogP contribution in [0.5, 0.6) is 11.5 Å². The van der Waals surface area contributed by atoms with Gasteiger partial charge in [-0.05, 0) is 70.9 Å². The van der Waals surface area contributed by atoms with E-state index in [9.17, 15) is 31.4 Å². The molecule has 3 nitrogen and oxygen atoms in total. The Balaban J connectivity index is 0.000000183. The molecule has 0 aliphatic carbocycles. The topological polar surface area (TPSA) is 42.4 Å². The second kappa shape index (κ2) is 11.6. The van der Waals surface area contributed by atoms with E-state index in [0.29, 0.717) is 0 Å². The first-order chi connectivity index (χ1) is 18.5. The predicted octanol–water partition coefficient (Wildman–Crippen LogP) is 8.83. The number of aliphatic hydroxyl groups is 1. The Morgan fingerprint density at radius 2 is 1.15 bits per heavy atom. The summed E-state index contributed by atoms with van der Waals surface area (Å²) in [6.45, 7) is 0. The van der Waals surface area contributed by atoms with E-state index in [4.69, 9.17) is 4.74 Å². The minimum atomic E-state index is -4.45. The van der Waals surface area contributed by atoms with Crippen LogP contribution in [0.2, 0.25) is 0 Å². The molecule has 1 aromatic heterocycles. The zero-order chi connectivity index (χ0) is 28.0. The van der Waals surface area contributed by atoms with Gasteiger partial charge >= 0.3 is 12.4 Å². The highest BCUT2D eigenvalue weighted by molar-refractivity contribution is 5.86. The molecule has 1 unspecified atom stereocenters. The molecule has 1 heterocycles. The molecule has 0 radical (unpaired) electrons. The highest BCUT2D eigenvalue weighted by Gasteiger charge is 2.31. The lowest BCUT2D eigenvalue weighted by molar-refractivity contribution is -0.138. The Bertz CT molecular complexity index is 1440. The van der Waals surface area contributed by atoms with Gasteiger partial charge in [0.2, 0.25) is 0 Å². The molecule has 0 spiro atoms. The summed E-state index contributed by atoms with van der Waals surface area (Å²) in [4.78, 5) is 4.05. The van der Waals surface area contributed by atoms with Crippen LogP contribution in [0.25, 0.3) is 10.8 Å². The monoisotopic (exact) mass is 541 g/mol. The van der Waals surface area contributed by atoms with Crippen molar-refractivity contribution in [1.29, 1.82) is 0 Å². The number of halogens is 6. The number of alkyl halides is 6. The maximum Gasteiger partial charge on any atom is 0.416 e. The van der Waals surface area contributed by atoms with Crippen LogP contribution < -0.4 is 4.74 Å². The number of fused-ring (bicyclic) bond motifs is 1. The smallest absolute Gasteiger partial charge is 0.416 e. The number of benzene rings is 4. The number of hydrogen-bond donors (Lipinski definition) is 1. The van der Waals surface area contributed by atoms with Crippen LogP contribution in [-0.2, 0) is 12.4 Å². The van der Waals surface area contributed by atoms with Crippen LogP contribution in [0, 0.1) is 0 Å². The lowest BCUT2D eigenvalue weighted by Crippen LogP contribution is -2.04. The quantitative estimate of drug-likeness (QED) is 0.231. The van der Waals surface area contributed by atoms with Crippen LogP contribution >= 0.6 is 0 Å². The second-order valence-electron chi connectivity index (χ2n) is 8.40. The molecule has 0 saturated carbocycles. The summed E-state index contributed by atoms with van der Waals surface area (Å²) in [6, 6.07) is 25.5. The molecular formula is C30H21F6NO2. The van der Waals surface area contributed by atoms with Crippen molar-refractivity contribution < 1.29 is 36.2 Å². The number of rotatable bonds is 4. The summed E-state index contributed by atoms with van der Waals surface area (Å²) in [6.07, 6.45) is -6.13. The summed E-state index contributed by atoms with van der Waals surface area (Å²) >= 11 is 0. The third-order valence-electron chi connectivity index (χ3n) is 5.72. The van der Waals surface area contributed by atoms with Crippen molar-refractivity contribution in [2.24, 2.45) is 0 Å². The van der Waals surface area contributed by atoms with Gasteiger partial charge in [0.25, 0.3) is 0 Å². The number of aliphatic hydroxyl groups excluding tert-OH is 1. The molecule has 5 rings (SSSR count). The van der Waals surface area contributed by atoms with Crippen molar-refractivity contribution in [3.63, 3.8) is 0 Å². The summed E-state index contributed by atoms with van der Waals surface area (Å²) in [5, 5.41) is 12.7. The molecule has 1 atom stereocenters. The minimum Gasteiger partial charge on any atom is -0.457 e. The van der Waals surface area contributed by atoms with E-state index in [2.05, 4.69) is 17.1 Å². The SMILES string of the molecule is FC(F)(F)c1ccc(Oc2ccc(C(F)(F)F)cc2)cc1.OC(c1cccnc1)c1cccc2ccccc12. The third kappa shape index (κ3) is 7.14. The standard InChI is InChI=1S/C16H13NO.C14H8F6O/c18-16(13-7-4-10-17-11-13)15-9-3-6-12-5-1-2-8-14(12)15;15-13(16,17)9-1-5-11(6-2-9)21-12-7-3-10(4-8-12)14(18,19)20/h1-11,16,18H;1-8H. The number of aromatic nitrogens is 1. The average Bonchev–Trinajstić information content (AvgIpc) is 2.93. The zero-order valence-electron chi connectivity index (χ0n) is 20.1. The van der Waals surface area contributed by atoms with Crippen LogP contribution in [0.15, 0.2) is 116 Å². The van der Waals surface area contributed by atoms with Crippen LogP contribution in [0.4, 0.5) is 26.3 Å². The second-order valence-corrected chi connectivity index (χ2v) is 8.40. The van der Waals surface area contributed by atoms with Gasteiger partial charge in [-0.1, -0.05) is 48.5 Å². The number of ether oxygens (including phenoxy) is 1. The van der Waals surface area contributed by atoms with E-state index in [1.54, 1.807) is 12.4 Å². The van der Waals surface area contributed by atoms with Gasteiger partial charge in [-0.2, -0.15) is 26.3 Å². The van der Waals surface area contributed by atoms with E-state index >= 15 is 0 Å². The molecule has 39 heavy (non-hydrogen) atoms. The van der Waals surface area contributed by atoms with Crippen molar-refractivity contribution in [2.75, 3.05) is 0 Å². The fraction of sp³-hybridized carbons (Fsp3) is 0.100. The van der Waals surface area contributed by atoms with Crippen molar-refractivity contribution >= 4 is 10.8 Å². The maximum atomic E-state index is 12.4. The van der Waals surface area contributed by atoms with Crippen LogP contribution in [0.3, 0.4) is 0 Å². The predicted molar refractivity (Wildman–Crippen MR) is 135 cm³/mol. The van der Waals surface area contributed by atoms with Gasteiger partial charge in [-0.25, -0.2) is 0 Å². The molecular weight excluding hydrogens is 520 g/mol. The van der Waals surface area contributed by atoms with E-state index in [1.807, 2.05) is 42.5 Å². The van der Waals surface area contributed by atoms with Crippen molar-refractivity contribution in [3.05, 3.63) is 138 Å². The third-order valence-corrected chi connectivity index (χ3v) is 5.72. The van der Waals surface area contributed by atoms with E-state index in [-0.39, 0.29) is 11.5 Å². The first-order valence-electron chi connectivity index (χ1n) is 11.6. The molecule has 9 heteroatoms. The number of nitrogens with zero attached hydrogens (tertiary/aromatic N) is 1. The largest absolute Gasteiger partial charge is 0.457 e. The van der Waals surface area contributed by atoms with Gasteiger partial charge < -0.3 is 9.84 Å². The normalized spacial score (nSPS) is 12.4. The van der Waals surface area contributed by atoms with Gasteiger partial charge in [-0.15, -0.1) is 0 Å². The molecule has 0 aliphatic heterocycles. The average molecular weight is 541 g/mol. The Morgan fingerprint density at radius 3 is 1.67 bits per heavy atom. The fourth-order valence-corrected chi connectivity index (χ4v) is 3.77. The zero-order valence-corrected chi connectivity index (χ0v) is 20.1. The van der Waals surface area contributed by atoms with Crippen LogP contribution in [0.1, 0.15) is 28.4 Å². The molecule has 0 fully saturated rings. The molecule has 200 valence electrons. The highest BCUT2D eigenvalue weighted by atomic mass is 19.4. The number of pyridine rings is 1. The summed E-state index contributed by atoms with van der Waals surface area (Å²) in [5.74, 6) is 0.200. The van der Waals surface area contributed by atoms with Gasteiger partial charge in [0, 0.05) is 18.0 Å². The molecule has 0 bridgehead atoms. The Morgan fingerprint density at radius 1 is 0.615 bits per heavy atom. The van der Waals surface area contributed by atoms with Crippen molar-refractivity contribution in [3.8, 4) is 11.5 Å². The van der Waals surface area contributed by atoms with Crippen molar-refractivity contribution in [1.82, 2.24) is 4.98 Å². The van der Waals surface area contributed by atoms with Crippen LogP contribution in [-0.4, -0.2) is 10.1 Å². The summed E-state index contributed by atoms with van der Waals surface area (Å²) in [7, 11) is 0. The summed E-state index contributed by atoms with van der Waals surface area (Å²) < 4.78 is 79.3. The van der Waals surface area contributed by atoms with Gasteiger partial charge in [-0.3, -0.25) is 4.98 Å². The lowest BCUT2D eigenvalue weighted by atomic mass is 9.97. The Hall–Kier alpha value is -4.37. The molecule has 1 N–H and O–H groups in total. The Kier molecular flexibility index (Phi) is 8.21. The minimum absolute atomic E-state index is 0.0998. The molecule has 5 aromatic rings. The number of hydrogen-bond acceptors (Lipinski definition) is 3. The molecule has 4 aromatic carbocycles. The van der Waals surface area contributed by atoms with Crippen molar-refractivity contribution in [2.45, 2.75) is 18.5 Å². The first-order valence-corrected chi connectivity index (χ1v) is 11.6. The molecule has 0 saturated heterocycles.